The Morgan fingerprint density at radius 3 is 1.65 bits per heavy atom. The van der Waals surface area contributed by atoms with Crippen molar-refractivity contribution in [2.45, 2.75) is 0 Å². The molecular formula is C54H37N. The van der Waals surface area contributed by atoms with Crippen LogP contribution in [0.15, 0.2) is 224 Å². The van der Waals surface area contributed by atoms with Crippen LogP contribution in [0.3, 0.4) is 0 Å². The summed E-state index contributed by atoms with van der Waals surface area (Å²) >= 11 is 0. The number of fused-ring (bicyclic) bond motifs is 4. The van der Waals surface area contributed by atoms with E-state index in [0.717, 1.165) is 43.0 Å². The quantitative estimate of drug-likeness (QED) is 0.149. The lowest BCUT2D eigenvalue weighted by molar-refractivity contribution is 1.28. The van der Waals surface area contributed by atoms with Crippen LogP contribution < -0.4 is 4.90 Å². The van der Waals surface area contributed by atoms with Gasteiger partial charge in [0.1, 0.15) is 0 Å². The maximum Gasteiger partial charge on any atom is 0.0651 e. The molecule has 0 fully saturated rings. The van der Waals surface area contributed by atoms with E-state index in [1.54, 1.807) is 36.4 Å². The van der Waals surface area contributed by atoms with E-state index in [1.165, 1.54) is 0 Å². The summed E-state index contributed by atoms with van der Waals surface area (Å²) in [6.45, 7) is 0. The Labute approximate surface area is 338 Å². The van der Waals surface area contributed by atoms with Crippen LogP contribution in [0.1, 0.15) is 16.4 Å². The Morgan fingerprint density at radius 1 is 0.309 bits per heavy atom. The van der Waals surface area contributed by atoms with Crippen molar-refractivity contribution >= 4 is 49.4 Å². The molecule has 258 valence electrons. The van der Waals surface area contributed by atoms with Crippen molar-refractivity contribution < 1.29 is 16.4 Å². The normalized spacial score (nSPS) is 14.3. The molecule has 0 atom stereocenters. The first kappa shape index (κ1) is 22.1. The second kappa shape index (κ2) is 14.0. The zero-order valence-corrected chi connectivity index (χ0v) is 29.4. The molecule has 0 aliphatic heterocycles. The zero-order valence-electron chi connectivity index (χ0n) is 41.4. The van der Waals surface area contributed by atoms with Gasteiger partial charge in [0, 0.05) is 17.1 Å². The number of anilines is 3. The maximum absolute atomic E-state index is 9.82. The summed E-state index contributed by atoms with van der Waals surface area (Å²) in [4.78, 5) is 0.903. The average molecular weight is 712 g/mol. The molecule has 0 N–H and O–H groups in total. The number of rotatable bonds is 7. The highest BCUT2D eigenvalue weighted by atomic mass is 15.1. The first-order chi connectivity index (χ1) is 32.3. The Balaban J connectivity index is 1.28. The highest BCUT2D eigenvalue weighted by molar-refractivity contribution is 6.13. The van der Waals surface area contributed by atoms with Crippen LogP contribution in [0.25, 0.3) is 76.8 Å². The molecule has 0 unspecified atom stereocenters. The molecule has 1 nitrogen and oxygen atoms in total. The van der Waals surface area contributed by atoms with E-state index in [1.807, 2.05) is 115 Å². The second-order valence-electron chi connectivity index (χ2n) is 13.2. The largest absolute Gasteiger partial charge is 0.310 e. The minimum absolute atomic E-state index is 0.0365. The molecular weight excluding hydrogens is 663 g/mol. The molecule has 10 aromatic rings. The summed E-state index contributed by atoms with van der Waals surface area (Å²) in [6.07, 6.45) is 0. The van der Waals surface area contributed by atoms with Crippen LogP contribution in [0.5, 0.6) is 0 Å². The molecule has 0 bridgehead atoms. The van der Waals surface area contributed by atoms with Gasteiger partial charge in [0.05, 0.1) is 16.4 Å². The van der Waals surface area contributed by atoms with Gasteiger partial charge in [0.15, 0.2) is 0 Å². The average Bonchev–Trinajstić information content (AvgIpc) is 3.35. The molecule has 0 spiro atoms. The molecule has 10 aromatic carbocycles. The number of hydrogen-bond donors (Lipinski definition) is 0. The maximum atomic E-state index is 9.82. The van der Waals surface area contributed by atoms with Gasteiger partial charge in [-0.3, -0.25) is 0 Å². The lowest BCUT2D eigenvalue weighted by Crippen LogP contribution is -2.10. The first-order valence-corrected chi connectivity index (χ1v) is 18.0. The van der Waals surface area contributed by atoms with Gasteiger partial charge in [-0.15, -0.1) is 0 Å². The monoisotopic (exact) mass is 711 g/mol. The molecule has 0 aromatic heterocycles. The molecule has 0 heterocycles. The third kappa shape index (κ3) is 6.22. The Hall–Kier alpha value is -7.22. The lowest BCUT2D eigenvalue weighted by Gasteiger charge is -2.26. The van der Waals surface area contributed by atoms with Gasteiger partial charge in [-0.2, -0.15) is 0 Å². The molecule has 0 aliphatic carbocycles. The number of nitrogens with zero attached hydrogens (tertiary/aromatic N) is 1. The van der Waals surface area contributed by atoms with Crippen molar-refractivity contribution in [2.75, 3.05) is 4.90 Å². The SMILES string of the molecule is [2H]c1c([2H])c(-c2ccc3ccccc3c2)c([2H])c(N(c2c([2H])c([2H])c(-c3cccc(-c4ccccc4)c3)c([2H])c2[2H])c2c([2H])c([2H])c(-c3cc4ccccc4c4ccccc34)c([2H])c2[2H])c1[2H]. The van der Waals surface area contributed by atoms with Crippen LogP contribution >= 0.6 is 0 Å². The van der Waals surface area contributed by atoms with Gasteiger partial charge in [-0.05, 0) is 131 Å². The van der Waals surface area contributed by atoms with Crippen molar-refractivity contribution in [3.05, 3.63) is 224 Å². The van der Waals surface area contributed by atoms with Crippen LogP contribution in [-0.4, -0.2) is 0 Å². The zero-order chi connectivity index (χ0) is 47.0. The van der Waals surface area contributed by atoms with E-state index in [2.05, 4.69) is 0 Å². The van der Waals surface area contributed by atoms with Gasteiger partial charge in [0.25, 0.3) is 0 Å². The second-order valence-corrected chi connectivity index (χ2v) is 13.2. The van der Waals surface area contributed by atoms with Crippen molar-refractivity contribution in [1.29, 1.82) is 0 Å². The summed E-state index contributed by atoms with van der Waals surface area (Å²) in [5.74, 6) is 0. The smallest absolute Gasteiger partial charge is 0.0651 e. The van der Waals surface area contributed by atoms with Crippen LogP contribution in [-0.2, 0) is 0 Å². The summed E-state index contributed by atoms with van der Waals surface area (Å²) in [5.41, 5.74) is 0.942. The van der Waals surface area contributed by atoms with E-state index >= 15 is 0 Å². The van der Waals surface area contributed by atoms with E-state index in [0.29, 0.717) is 22.1 Å². The topological polar surface area (TPSA) is 3.24 Å². The van der Waals surface area contributed by atoms with Gasteiger partial charge in [-0.1, -0.05) is 170 Å². The van der Waals surface area contributed by atoms with Crippen molar-refractivity contribution in [3.63, 3.8) is 0 Å². The fourth-order valence-corrected chi connectivity index (χ4v) is 7.13. The van der Waals surface area contributed by atoms with Crippen LogP contribution in [0, 0.1) is 0 Å². The van der Waals surface area contributed by atoms with E-state index in [9.17, 15) is 13.7 Å². The summed E-state index contributed by atoms with van der Waals surface area (Å²) in [5, 5.41) is 4.86. The summed E-state index contributed by atoms with van der Waals surface area (Å²) in [7, 11) is 0. The Bertz CT molecular complexity index is 3630. The summed E-state index contributed by atoms with van der Waals surface area (Å²) in [6, 6.07) is 39.1. The fourth-order valence-electron chi connectivity index (χ4n) is 7.13. The molecule has 0 amide bonds. The molecule has 0 saturated heterocycles. The van der Waals surface area contributed by atoms with E-state index < -0.39 is 89.6 Å². The van der Waals surface area contributed by atoms with Gasteiger partial charge < -0.3 is 4.90 Å². The van der Waals surface area contributed by atoms with Crippen molar-refractivity contribution in [3.8, 4) is 44.5 Å². The van der Waals surface area contributed by atoms with Crippen molar-refractivity contribution in [1.82, 2.24) is 0 Å². The third-order valence-electron chi connectivity index (χ3n) is 9.84. The standard InChI is InChI=1S/C54H37N/c1-2-12-38(13-3-1)43-17-10-18-44(34-43)40-26-30-48(31-27-40)55(50-20-11-19-45(36-50)46-25-24-39-14-4-5-15-42(39)35-46)49-32-28-41(29-33-49)54-37-47-16-6-7-21-51(47)52-22-8-9-23-53(52)54/h1-37H/i11D,19D,20D,26D,27D,28D,29D,30D,31D,32D,33D,36D. The molecule has 0 aliphatic rings. The molecule has 1 heteroatoms. The van der Waals surface area contributed by atoms with Crippen LogP contribution in [0.4, 0.5) is 17.1 Å². The number of benzene rings is 10. The molecule has 0 radical (unpaired) electrons. The minimum atomic E-state index is -0.725. The molecule has 0 saturated carbocycles. The minimum Gasteiger partial charge on any atom is -0.310 e. The summed E-state index contributed by atoms with van der Waals surface area (Å²) < 4.78 is 115. The Kier molecular flexibility index (Phi) is 5.61. The highest BCUT2D eigenvalue weighted by Gasteiger charge is 2.16. The molecule has 10 rings (SSSR count). The predicted octanol–water partition coefficient (Wildman–Crippen LogP) is 15.3. The van der Waals surface area contributed by atoms with E-state index in [-0.39, 0.29) is 16.7 Å². The van der Waals surface area contributed by atoms with Gasteiger partial charge >= 0.3 is 0 Å². The number of hydrogen-bond acceptors (Lipinski definition) is 1. The molecule has 55 heavy (non-hydrogen) atoms. The lowest BCUT2D eigenvalue weighted by atomic mass is 9.93. The highest BCUT2D eigenvalue weighted by Crippen LogP contribution is 2.40. The Morgan fingerprint density at radius 2 is 0.891 bits per heavy atom. The predicted molar refractivity (Wildman–Crippen MR) is 235 cm³/mol. The van der Waals surface area contributed by atoms with Crippen LogP contribution in [0.2, 0.25) is 0 Å². The first-order valence-electron chi connectivity index (χ1n) is 24.0. The third-order valence-corrected chi connectivity index (χ3v) is 9.84. The van der Waals surface area contributed by atoms with Gasteiger partial charge in [-0.25, -0.2) is 0 Å². The van der Waals surface area contributed by atoms with E-state index in [4.69, 9.17) is 2.74 Å². The van der Waals surface area contributed by atoms with Crippen molar-refractivity contribution in [2.24, 2.45) is 0 Å². The van der Waals surface area contributed by atoms with Gasteiger partial charge in [0.2, 0.25) is 0 Å². The fraction of sp³-hybridized carbons (Fsp3) is 0.